The average Bonchev–Trinajstić information content (AvgIpc) is 2.78. The molecule has 0 bridgehead atoms. The molecule has 8 nitrogen and oxygen atoms in total. The number of esters is 1. The Hall–Kier alpha value is -3.26. The van der Waals surface area contributed by atoms with Crippen LogP contribution in [-0.2, 0) is 14.3 Å². The number of anilines is 2. The molecule has 1 fully saturated rings. The van der Waals surface area contributed by atoms with E-state index in [1.54, 1.807) is 31.2 Å². The molecule has 0 aromatic heterocycles. The lowest BCUT2D eigenvalue weighted by Crippen LogP contribution is -2.46. The lowest BCUT2D eigenvalue weighted by molar-refractivity contribution is -0.128. The van der Waals surface area contributed by atoms with Crippen molar-refractivity contribution < 1.29 is 28.5 Å². The molecule has 0 spiro atoms. The summed E-state index contributed by atoms with van der Waals surface area (Å²) in [5, 5.41) is 2.80. The Morgan fingerprint density at radius 1 is 1.07 bits per heavy atom. The Bertz CT molecular complexity index is 941. The van der Waals surface area contributed by atoms with Gasteiger partial charge in [-0.2, -0.15) is 0 Å². The number of carbonyl (C=O) groups excluding carboxylic acids is 2. The molecule has 2 aromatic rings. The largest absolute Gasteiger partial charge is 0.482 e. The Morgan fingerprint density at radius 3 is 2.47 bits per heavy atom. The second kappa shape index (κ2) is 8.62. The van der Waals surface area contributed by atoms with Crippen molar-refractivity contribution in [3.8, 4) is 11.5 Å². The van der Waals surface area contributed by atoms with Gasteiger partial charge in [0, 0.05) is 18.8 Å². The molecule has 2 aliphatic rings. The molecule has 2 aromatic carbocycles. The van der Waals surface area contributed by atoms with Gasteiger partial charge in [0.25, 0.3) is 5.91 Å². The normalized spacial score (nSPS) is 20.4. The van der Waals surface area contributed by atoms with Crippen LogP contribution < -0.4 is 19.7 Å². The number of hydrogen-bond donors (Lipinski definition) is 1. The fraction of sp³-hybridized carbons (Fsp3) is 0.364. The number of carbonyl (C=O) groups is 2. The molecule has 1 saturated heterocycles. The molecule has 2 heterocycles. The van der Waals surface area contributed by atoms with E-state index in [1.165, 1.54) is 7.11 Å². The van der Waals surface area contributed by atoms with Crippen molar-refractivity contribution in [3.05, 3.63) is 48.0 Å². The van der Waals surface area contributed by atoms with Crippen molar-refractivity contribution in [1.82, 2.24) is 0 Å². The third-order valence-corrected chi connectivity index (χ3v) is 5.14. The second-order valence-electron chi connectivity index (χ2n) is 7.12. The molecule has 2 atom stereocenters. The van der Waals surface area contributed by atoms with Gasteiger partial charge in [0.05, 0.1) is 31.6 Å². The molecule has 0 saturated carbocycles. The van der Waals surface area contributed by atoms with Crippen molar-refractivity contribution in [2.45, 2.75) is 19.1 Å². The van der Waals surface area contributed by atoms with Crippen LogP contribution >= 0.6 is 0 Å². The van der Waals surface area contributed by atoms with E-state index in [0.717, 1.165) is 18.8 Å². The SMILES string of the molecule is COC(=O)c1cc(N2CCOCC2)ccc1NC(=O)[C@H]1Oc2ccccc2O[C@H]1C. The Kier molecular flexibility index (Phi) is 5.76. The number of nitrogens with one attached hydrogen (secondary N) is 1. The standard InChI is InChI=1S/C22H24N2O6/c1-14-20(30-19-6-4-3-5-18(19)29-14)21(25)23-17-8-7-15(13-16(17)22(26)27-2)24-9-11-28-12-10-24/h3-8,13-14,20H,9-12H2,1-2H3,(H,23,25)/t14-,20-/m0/s1. The number of ether oxygens (including phenoxy) is 4. The van der Waals surface area contributed by atoms with Crippen LogP contribution in [0.1, 0.15) is 17.3 Å². The lowest BCUT2D eigenvalue weighted by Gasteiger charge is -2.31. The predicted octanol–water partition coefficient (Wildman–Crippen LogP) is 2.48. The average molecular weight is 412 g/mol. The van der Waals surface area contributed by atoms with Gasteiger partial charge in [-0.25, -0.2) is 4.79 Å². The third kappa shape index (κ3) is 4.04. The van der Waals surface area contributed by atoms with Crippen molar-refractivity contribution in [2.24, 2.45) is 0 Å². The molecule has 0 unspecified atom stereocenters. The van der Waals surface area contributed by atoms with Gasteiger partial charge in [-0.1, -0.05) is 12.1 Å². The maximum absolute atomic E-state index is 12.9. The zero-order valence-corrected chi connectivity index (χ0v) is 16.9. The smallest absolute Gasteiger partial charge is 0.340 e. The van der Waals surface area contributed by atoms with Crippen LogP contribution in [0.2, 0.25) is 0 Å². The van der Waals surface area contributed by atoms with Gasteiger partial charge in [-0.05, 0) is 37.3 Å². The minimum Gasteiger partial charge on any atom is -0.482 e. The van der Waals surface area contributed by atoms with Crippen LogP contribution in [0, 0.1) is 0 Å². The monoisotopic (exact) mass is 412 g/mol. The Morgan fingerprint density at radius 2 is 1.77 bits per heavy atom. The van der Waals surface area contributed by atoms with Gasteiger partial charge >= 0.3 is 5.97 Å². The van der Waals surface area contributed by atoms with Crippen LogP contribution in [0.4, 0.5) is 11.4 Å². The highest BCUT2D eigenvalue weighted by Gasteiger charge is 2.34. The maximum Gasteiger partial charge on any atom is 0.340 e. The predicted molar refractivity (Wildman–Crippen MR) is 110 cm³/mol. The molecule has 2 aliphatic heterocycles. The maximum atomic E-state index is 12.9. The number of morpholine rings is 1. The highest BCUT2D eigenvalue weighted by molar-refractivity contribution is 6.03. The summed E-state index contributed by atoms with van der Waals surface area (Å²) >= 11 is 0. The molecule has 4 rings (SSSR count). The number of para-hydroxylation sites is 2. The van der Waals surface area contributed by atoms with Gasteiger partial charge in [0.1, 0.15) is 6.10 Å². The van der Waals surface area contributed by atoms with E-state index in [4.69, 9.17) is 18.9 Å². The Labute approximate surface area is 174 Å². The fourth-order valence-corrected chi connectivity index (χ4v) is 3.55. The molecular formula is C22H24N2O6. The zero-order valence-electron chi connectivity index (χ0n) is 16.9. The first-order chi connectivity index (χ1) is 14.6. The van der Waals surface area contributed by atoms with Crippen molar-refractivity contribution in [2.75, 3.05) is 43.6 Å². The Balaban J connectivity index is 1.56. The summed E-state index contributed by atoms with van der Waals surface area (Å²) in [5.41, 5.74) is 1.51. The topological polar surface area (TPSA) is 86.3 Å². The van der Waals surface area contributed by atoms with E-state index in [-0.39, 0.29) is 5.56 Å². The zero-order chi connectivity index (χ0) is 21.1. The molecule has 0 aliphatic carbocycles. The lowest BCUT2D eigenvalue weighted by atomic mass is 10.1. The quantitative estimate of drug-likeness (QED) is 0.772. The summed E-state index contributed by atoms with van der Waals surface area (Å²) in [4.78, 5) is 27.4. The molecule has 1 N–H and O–H groups in total. The van der Waals surface area contributed by atoms with Gasteiger partial charge < -0.3 is 29.2 Å². The van der Waals surface area contributed by atoms with Gasteiger partial charge in [-0.3, -0.25) is 4.79 Å². The van der Waals surface area contributed by atoms with E-state index in [0.29, 0.717) is 30.4 Å². The number of hydrogen-bond acceptors (Lipinski definition) is 7. The molecule has 158 valence electrons. The molecule has 1 amide bonds. The minimum absolute atomic E-state index is 0.277. The van der Waals surface area contributed by atoms with Crippen LogP contribution in [0.15, 0.2) is 42.5 Å². The molecule has 30 heavy (non-hydrogen) atoms. The molecule has 0 radical (unpaired) electrons. The number of nitrogens with zero attached hydrogens (tertiary/aromatic N) is 1. The first-order valence-electron chi connectivity index (χ1n) is 9.85. The first-order valence-corrected chi connectivity index (χ1v) is 9.85. The van der Waals surface area contributed by atoms with E-state index < -0.39 is 24.1 Å². The van der Waals surface area contributed by atoms with Crippen molar-refractivity contribution in [1.29, 1.82) is 0 Å². The van der Waals surface area contributed by atoms with E-state index in [1.807, 2.05) is 18.2 Å². The highest BCUT2D eigenvalue weighted by atomic mass is 16.6. The number of amides is 1. The highest BCUT2D eigenvalue weighted by Crippen LogP contribution is 2.34. The summed E-state index contributed by atoms with van der Waals surface area (Å²) < 4.78 is 22.0. The van der Waals surface area contributed by atoms with Crippen molar-refractivity contribution >= 4 is 23.3 Å². The van der Waals surface area contributed by atoms with Gasteiger partial charge in [0.15, 0.2) is 11.5 Å². The van der Waals surface area contributed by atoms with Crippen LogP contribution in [0.5, 0.6) is 11.5 Å². The van der Waals surface area contributed by atoms with Crippen LogP contribution in [0.25, 0.3) is 0 Å². The molecular weight excluding hydrogens is 388 g/mol. The molecule has 8 heteroatoms. The number of methoxy groups -OCH3 is 1. The summed E-state index contributed by atoms with van der Waals surface area (Å²) in [7, 11) is 1.31. The minimum atomic E-state index is -0.857. The third-order valence-electron chi connectivity index (χ3n) is 5.14. The van der Waals surface area contributed by atoms with Crippen LogP contribution in [0.3, 0.4) is 0 Å². The summed E-state index contributed by atoms with van der Waals surface area (Å²) in [5.74, 6) is 0.173. The second-order valence-corrected chi connectivity index (χ2v) is 7.12. The fourth-order valence-electron chi connectivity index (χ4n) is 3.55. The number of rotatable bonds is 4. The van der Waals surface area contributed by atoms with E-state index in [9.17, 15) is 9.59 Å². The van der Waals surface area contributed by atoms with E-state index in [2.05, 4.69) is 10.2 Å². The van der Waals surface area contributed by atoms with Crippen LogP contribution in [-0.4, -0.2) is 57.5 Å². The number of benzene rings is 2. The summed E-state index contributed by atoms with van der Waals surface area (Å²) in [6.07, 6.45) is -1.35. The van der Waals surface area contributed by atoms with Crippen molar-refractivity contribution in [3.63, 3.8) is 0 Å². The number of fused-ring (bicyclic) bond motifs is 1. The van der Waals surface area contributed by atoms with E-state index >= 15 is 0 Å². The first kappa shape index (κ1) is 20.0. The van der Waals surface area contributed by atoms with Gasteiger partial charge in [0.2, 0.25) is 6.10 Å². The van der Waals surface area contributed by atoms with Gasteiger partial charge in [-0.15, -0.1) is 0 Å². The summed E-state index contributed by atoms with van der Waals surface area (Å²) in [6.45, 7) is 4.49. The summed E-state index contributed by atoms with van der Waals surface area (Å²) in [6, 6.07) is 12.5.